The van der Waals surface area contributed by atoms with Crippen LogP contribution in [-0.4, -0.2) is 25.2 Å². The number of aromatic amines is 1. The fourth-order valence-electron chi connectivity index (χ4n) is 1.90. The number of nitrogens with one attached hydrogen (secondary N) is 1. The predicted octanol–water partition coefficient (Wildman–Crippen LogP) is 0.858. The number of tetrazole rings is 1. The Labute approximate surface area is 100 Å². The van der Waals surface area contributed by atoms with Crippen molar-refractivity contribution in [1.82, 2.24) is 25.2 Å². The Bertz CT molecular complexity index is 778. The van der Waals surface area contributed by atoms with Crippen molar-refractivity contribution in [3.8, 4) is 11.4 Å². The molecule has 1 aromatic carbocycles. The average Bonchev–Trinajstić information content (AvgIpc) is 2.87. The van der Waals surface area contributed by atoms with Crippen LogP contribution >= 0.6 is 0 Å². The summed E-state index contributed by atoms with van der Waals surface area (Å²) < 4.78 is 14.8. The predicted molar refractivity (Wildman–Crippen MR) is 62.3 cm³/mol. The summed E-state index contributed by atoms with van der Waals surface area (Å²) in [5, 5.41) is 13.5. The highest BCUT2D eigenvalue weighted by molar-refractivity contribution is 5.82. The van der Waals surface area contributed by atoms with E-state index in [1.54, 1.807) is 17.8 Å². The first-order valence-corrected chi connectivity index (χ1v) is 5.20. The number of aryl methyl sites for hydroxylation is 1. The van der Waals surface area contributed by atoms with Crippen LogP contribution in [0, 0.1) is 5.82 Å². The molecule has 0 aliphatic rings. The summed E-state index contributed by atoms with van der Waals surface area (Å²) >= 11 is 0. The van der Waals surface area contributed by atoms with E-state index in [2.05, 4.69) is 20.6 Å². The van der Waals surface area contributed by atoms with Gasteiger partial charge in [-0.15, -0.1) is 5.10 Å². The molecule has 0 aliphatic carbocycles. The third kappa shape index (κ3) is 1.48. The lowest BCUT2D eigenvalue weighted by atomic mass is 10.1. The van der Waals surface area contributed by atoms with Gasteiger partial charge in [-0.3, -0.25) is 4.79 Å². The molecule has 6 nitrogen and oxygen atoms in total. The van der Waals surface area contributed by atoms with Gasteiger partial charge in [-0.1, -0.05) is 0 Å². The number of aromatic nitrogens is 5. The molecule has 0 spiro atoms. The van der Waals surface area contributed by atoms with Gasteiger partial charge in [0.05, 0.1) is 11.1 Å². The van der Waals surface area contributed by atoms with Gasteiger partial charge in [-0.2, -0.15) is 0 Å². The van der Waals surface area contributed by atoms with E-state index in [9.17, 15) is 9.18 Å². The van der Waals surface area contributed by atoms with Gasteiger partial charge in [0.1, 0.15) is 5.82 Å². The van der Waals surface area contributed by atoms with Crippen LogP contribution in [0.5, 0.6) is 0 Å². The minimum Gasteiger partial charge on any atom is -0.349 e. The Hall–Kier alpha value is -2.57. The van der Waals surface area contributed by atoms with Crippen LogP contribution in [0.1, 0.15) is 0 Å². The number of benzene rings is 1. The van der Waals surface area contributed by atoms with Crippen LogP contribution in [0.15, 0.2) is 29.2 Å². The minimum atomic E-state index is -0.383. The highest BCUT2D eigenvalue weighted by Crippen LogP contribution is 2.16. The van der Waals surface area contributed by atoms with E-state index in [1.807, 2.05) is 0 Å². The van der Waals surface area contributed by atoms with Crippen LogP contribution in [0.2, 0.25) is 0 Å². The van der Waals surface area contributed by atoms with Crippen LogP contribution < -0.4 is 5.43 Å². The van der Waals surface area contributed by atoms with E-state index in [4.69, 9.17) is 0 Å². The zero-order chi connectivity index (χ0) is 12.7. The molecule has 0 saturated carbocycles. The summed E-state index contributed by atoms with van der Waals surface area (Å²) in [4.78, 5) is 12.2. The van der Waals surface area contributed by atoms with Crippen molar-refractivity contribution < 1.29 is 4.39 Å². The lowest BCUT2D eigenvalue weighted by molar-refractivity contribution is 0.628. The zero-order valence-electron chi connectivity index (χ0n) is 9.38. The van der Waals surface area contributed by atoms with Crippen molar-refractivity contribution in [3.05, 3.63) is 40.4 Å². The normalized spacial score (nSPS) is 11.0. The first-order chi connectivity index (χ1) is 8.66. The molecule has 2 aromatic heterocycles. The van der Waals surface area contributed by atoms with E-state index >= 15 is 0 Å². The van der Waals surface area contributed by atoms with Gasteiger partial charge >= 0.3 is 0 Å². The molecule has 1 N–H and O–H groups in total. The smallest absolute Gasteiger partial charge is 0.200 e. The summed E-state index contributed by atoms with van der Waals surface area (Å²) in [6.45, 7) is 0. The van der Waals surface area contributed by atoms with Crippen LogP contribution in [0.3, 0.4) is 0 Å². The fourth-order valence-corrected chi connectivity index (χ4v) is 1.90. The number of halogens is 1. The maximum Gasteiger partial charge on any atom is 0.200 e. The van der Waals surface area contributed by atoms with E-state index in [-0.39, 0.29) is 11.2 Å². The standard InChI is InChI=1S/C11H8FN5O/c1-17-5-8(11-13-15-16-14-11)10(18)7-3-2-6(12)4-9(7)17/h2-5H,1H3,(H,13,14,15,16). The van der Waals surface area contributed by atoms with E-state index in [1.165, 1.54) is 18.2 Å². The molecule has 0 aliphatic heterocycles. The van der Waals surface area contributed by atoms with Gasteiger partial charge in [0.15, 0.2) is 11.3 Å². The number of hydrogen-bond donors (Lipinski definition) is 1. The number of hydrogen-bond acceptors (Lipinski definition) is 4. The molecular formula is C11H8FN5O. The lowest BCUT2D eigenvalue weighted by Gasteiger charge is -2.07. The van der Waals surface area contributed by atoms with Gasteiger partial charge in [0, 0.05) is 18.6 Å². The topological polar surface area (TPSA) is 76.5 Å². The Morgan fingerprint density at radius 1 is 1.39 bits per heavy atom. The summed E-state index contributed by atoms with van der Waals surface area (Å²) in [5.74, 6) is -0.0894. The van der Waals surface area contributed by atoms with Crippen molar-refractivity contribution in [1.29, 1.82) is 0 Å². The molecule has 0 radical (unpaired) electrons. The maximum absolute atomic E-state index is 13.2. The van der Waals surface area contributed by atoms with Gasteiger partial charge in [0.2, 0.25) is 0 Å². The second kappa shape index (κ2) is 3.73. The molecule has 0 fully saturated rings. The summed E-state index contributed by atoms with van der Waals surface area (Å²) in [6, 6.07) is 4.03. The van der Waals surface area contributed by atoms with Crippen molar-refractivity contribution in [3.63, 3.8) is 0 Å². The molecule has 3 rings (SSSR count). The Morgan fingerprint density at radius 3 is 2.94 bits per heavy atom. The van der Waals surface area contributed by atoms with E-state index < -0.39 is 0 Å². The number of fused-ring (bicyclic) bond motifs is 1. The summed E-state index contributed by atoms with van der Waals surface area (Å²) in [7, 11) is 1.73. The van der Waals surface area contributed by atoms with Crippen molar-refractivity contribution in [2.75, 3.05) is 0 Å². The van der Waals surface area contributed by atoms with Crippen molar-refractivity contribution in [2.45, 2.75) is 0 Å². The van der Waals surface area contributed by atoms with Crippen molar-refractivity contribution in [2.24, 2.45) is 7.05 Å². The lowest BCUT2D eigenvalue weighted by Crippen LogP contribution is -2.11. The Morgan fingerprint density at radius 2 is 2.22 bits per heavy atom. The monoisotopic (exact) mass is 245 g/mol. The first kappa shape index (κ1) is 10.6. The number of nitrogens with zero attached hydrogens (tertiary/aromatic N) is 4. The maximum atomic E-state index is 13.2. The third-order valence-electron chi connectivity index (χ3n) is 2.75. The third-order valence-corrected chi connectivity index (χ3v) is 2.75. The molecule has 0 amide bonds. The van der Waals surface area contributed by atoms with Gasteiger partial charge in [0.25, 0.3) is 0 Å². The van der Waals surface area contributed by atoms with Gasteiger partial charge in [-0.25, -0.2) is 9.49 Å². The second-order valence-electron chi connectivity index (χ2n) is 3.89. The quantitative estimate of drug-likeness (QED) is 0.689. The molecule has 0 saturated heterocycles. The first-order valence-electron chi connectivity index (χ1n) is 5.20. The number of pyridine rings is 1. The Balaban J connectivity index is 2.41. The molecule has 0 bridgehead atoms. The molecule has 2 heterocycles. The molecule has 3 aromatic rings. The molecule has 18 heavy (non-hydrogen) atoms. The molecule has 90 valence electrons. The van der Waals surface area contributed by atoms with Gasteiger partial charge in [-0.05, 0) is 28.6 Å². The highest BCUT2D eigenvalue weighted by atomic mass is 19.1. The highest BCUT2D eigenvalue weighted by Gasteiger charge is 2.12. The van der Waals surface area contributed by atoms with Crippen molar-refractivity contribution >= 4 is 10.9 Å². The van der Waals surface area contributed by atoms with Crippen LogP contribution in [0.4, 0.5) is 4.39 Å². The van der Waals surface area contributed by atoms with E-state index in [0.29, 0.717) is 22.3 Å². The average molecular weight is 245 g/mol. The number of H-pyrrole nitrogens is 1. The van der Waals surface area contributed by atoms with Gasteiger partial charge < -0.3 is 4.57 Å². The summed E-state index contributed by atoms with van der Waals surface area (Å²) in [5.41, 5.74) is 0.638. The SMILES string of the molecule is Cn1cc(-c2nnn[nH]2)c(=O)c2ccc(F)cc21. The number of rotatable bonds is 1. The molecule has 0 atom stereocenters. The minimum absolute atomic E-state index is 0.235. The molecular weight excluding hydrogens is 237 g/mol. The Kier molecular flexibility index (Phi) is 2.19. The van der Waals surface area contributed by atoms with Crippen LogP contribution in [-0.2, 0) is 7.05 Å². The second-order valence-corrected chi connectivity index (χ2v) is 3.89. The van der Waals surface area contributed by atoms with Crippen LogP contribution in [0.25, 0.3) is 22.3 Å². The summed E-state index contributed by atoms with van der Waals surface area (Å²) in [6.07, 6.45) is 1.58. The molecule has 7 heteroatoms. The largest absolute Gasteiger partial charge is 0.349 e. The fraction of sp³-hybridized carbons (Fsp3) is 0.0909. The van der Waals surface area contributed by atoms with E-state index in [0.717, 1.165) is 0 Å². The molecule has 0 unspecified atom stereocenters. The zero-order valence-corrected chi connectivity index (χ0v) is 9.38.